The van der Waals surface area contributed by atoms with E-state index in [0.717, 1.165) is 11.1 Å². The van der Waals surface area contributed by atoms with Crippen molar-refractivity contribution in [3.63, 3.8) is 0 Å². The van der Waals surface area contributed by atoms with Crippen LogP contribution < -0.4 is 4.74 Å². The minimum atomic E-state index is -0.511. The monoisotopic (exact) mass is 479 g/mol. The molecule has 5 rings (SSSR count). The van der Waals surface area contributed by atoms with E-state index in [1.807, 2.05) is 28.8 Å². The van der Waals surface area contributed by atoms with E-state index in [4.69, 9.17) is 32.5 Å². The molecule has 164 valence electrons. The van der Waals surface area contributed by atoms with Crippen LogP contribution in [-0.2, 0) is 6.54 Å². The summed E-state index contributed by atoms with van der Waals surface area (Å²) in [6, 6.07) is 14.5. The van der Waals surface area contributed by atoms with Crippen molar-refractivity contribution in [2.24, 2.45) is 0 Å². The molecular formula is C23H15Cl2N5O3. The maximum atomic E-state index is 13.4. The zero-order chi connectivity index (χ0) is 22.9. The summed E-state index contributed by atoms with van der Waals surface area (Å²) in [6.07, 6.45) is 3.10. The molecule has 5 aromatic rings. The second kappa shape index (κ2) is 8.65. The Balaban J connectivity index is 1.61. The van der Waals surface area contributed by atoms with Gasteiger partial charge in [-0.2, -0.15) is 4.98 Å². The molecular weight excluding hydrogens is 465 g/mol. The summed E-state index contributed by atoms with van der Waals surface area (Å²) in [5.41, 5.74) is 1.96. The van der Waals surface area contributed by atoms with E-state index in [2.05, 4.69) is 20.1 Å². The summed E-state index contributed by atoms with van der Waals surface area (Å²) in [5, 5.41) is 5.33. The predicted octanol–water partition coefficient (Wildman–Crippen LogP) is 5.08. The molecule has 0 bridgehead atoms. The summed E-state index contributed by atoms with van der Waals surface area (Å²) < 4.78 is 12.4. The number of fused-ring (bicyclic) bond motifs is 1. The fourth-order valence-corrected chi connectivity index (χ4v) is 3.96. The number of methoxy groups -OCH3 is 1. The van der Waals surface area contributed by atoms with Crippen LogP contribution in [0.15, 0.2) is 65.4 Å². The lowest BCUT2D eigenvalue weighted by molar-refractivity contribution is 0.0995. The Morgan fingerprint density at radius 3 is 2.55 bits per heavy atom. The third-order valence-corrected chi connectivity index (χ3v) is 5.72. The lowest BCUT2D eigenvalue weighted by Gasteiger charge is -2.08. The average molecular weight is 480 g/mol. The Labute approximate surface area is 197 Å². The number of carbonyl (C=O) groups is 1. The zero-order valence-corrected chi connectivity index (χ0v) is 18.7. The van der Waals surface area contributed by atoms with Gasteiger partial charge < -0.3 is 13.8 Å². The maximum absolute atomic E-state index is 13.4. The molecule has 0 saturated heterocycles. The molecule has 0 spiro atoms. The molecule has 0 radical (unpaired) electrons. The lowest BCUT2D eigenvalue weighted by Crippen LogP contribution is -2.04. The van der Waals surface area contributed by atoms with E-state index in [1.165, 1.54) is 0 Å². The van der Waals surface area contributed by atoms with Crippen molar-refractivity contribution in [1.29, 1.82) is 0 Å². The fraction of sp³-hybridized carbons (Fsp3) is 0.0870. The quantitative estimate of drug-likeness (QED) is 0.313. The molecule has 0 aliphatic carbocycles. The molecule has 0 amide bonds. The van der Waals surface area contributed by atoms with Crippen LogP contribution in [0.3, 0.4) is 0 Å². The molecule has 3 aromatic heterocycles. The highest BCUT2D eigenvalue weighted by Gasteiger charge is 2.27. The van der Waals surface area contributed by atoms with E-state index in [0.29, 0.717) is 22.7 Å². The molecule has 3 heterocycles. The number of carbonyl (C=O) groups excluding carboxylic acids is 1. The maximum Gasteiger partial charge on any atom is 0.299 e. The number of nitrogens with zero attached hydrogens (tertiary/aromatic N) is 5. The lowest BCUT2D eigenvalue weighted by atomic mass is 10.1. The minimum absolute atomic E-state index is 0.109. The Bertz CT molecular complexity index is 1460. The molecule has 0 N–H and O–H groups in total. The van der Waals surface area contributed by atoms with E-state index < -0.39 is 5.78 Å². The smallest absolute Gasteiger partial charge is 0.299 e. The number of halogens is 2. The van der Waals surface area contributed by atoms with Crippen LogP contribution >= 0.6 is 23.2 Å². The number of rotatable bonds is 6. The van der Waals surface area contributed by atoms with E-state index in [1.54, 1.807) is 43.8 Å². The number of hydrogen-bond acceptors (Lipinski definition) is 7. The highest BCUT2D eigenvalue weighted by atomic mass is 35.5. The molecule has 0 fully saturated rings. The molecule has 0 unspecified atom stereocenters. The van der Waals surface area contributed by atoms with Crippen molar-refractivity contribution in [2.75, 3.05) is 7.11 Å². The summed E-state index contributed by atoms with van der Waals surface area (Å²) in [5.74, 6) is 0.215. The summed E-state index contributed by atoms with van der Waals surface area (Å²) in [6.45, 7) is 0.430. The number of ketones is 1. The van der Waals surface area contributed by atoms with Gasteiger partial charge in [0.2, 0.25) is 11.6 Å². The minimum Gasteiger partial charge on any atom is -0.497 e. The predicted molar refractivity (Wildman–Crippen MR) is 123 cm³/mol. The van der Waals surface area contributed by atoms with Crippen LogP contribution in [0, 0.1) is 0 Å². The Morgan fingerprint density at radius 2 is 1.82 bits per heavy atom. The van der Waals surface area contributed by atoms with Gasteiger partial charge in [-0.05, 0) is 42.0 Å². The Kier molecular flexibility index (Phi) is 5.53. The van der Waals surface area contributed by atoms with Gasteiger partial charge >= 0.3 is 0 Å². The van der Waals surface area contributed by atoms with Gasteiger partial charge in [-0.15, -0.1) is 0 Å². The molecule has 10 heteroatoms. The van der Waals surface area contributed by atoms with Gasteiger partial charge in [0.15, 0.2) is 0 Å². The van der Waals surface area contributed by atoms with Gasteiger partial charge in [-0.1, -0.05) is 40.5 Å². The van der Waals surface area contributed by atoms with Gasteiger partial charge in [0.1, 0.15) is 10.9 Å². The van der Waals surface area contributed by atoms with Gasteiger partial charge in [-0.25, -0.2) is 9.97 Å². The van der Waals surface area contributed by atoms with Crippen molar-refractivity contribution < 1.29 is 14.1 Å². The van der Waals surface area contributed by atoms with Crippen molar-refractivity contribution in [1.82, 2.24) is 24.7 Å². The third kappa shape index (κ3) is 3.94. The first-order valence-electron chi connectivity index (χ1n) is 9.81. The van der Waals surface area contributed by atoms with Crippen molar-refractivity contribution >= 4 is 39.9 Å². The molecule has 2 aromatic carbocycles. The molecule has 0 aliphatic heterocycles. The number of aromatic nitrogens is 5. The largest absolute Gasteiger partial charge is 0.497 e. The van der Waals surface area contributed by atoms with Crippen molar-refractivity contribution in [2.45, 2.75) is 6.54 Å². The van der Waals surface area contributed by atoms with Crippen molar-refractivity contribution in [3.05, 3.63) is 88.1 Å². The summed E-state index contributed by atoms with van der Waals surface area (Å²) >= 11 is 12.8. The first-order chi connectivity index (χ1) is 16.0. The number of benzene rings is 2. The first kappa shape index (κ1) is 21.1. The van der Waals surface area contributed by atoms with Gasteiger partial charge in [-0.3, -0.25) is 4.79 Å². The normalized spacial score (nSPS) is 11.1. The van der Waals surface area contributed by atoms with Crippen LogP contribution in [-0.4, -0.2) is 37.6 Å². The van der Waals surface area contributed by atoms with Crippen LogP contribution in [0.1, 0.15) is 21.8 Å². The molecule has 33 heavy (non-hydrogen) atoms. The molecule has 0 aliphatic rings. The topological polar surface area (TPSA) is 95.9 Å². The van der Waals surface area contributed by atoms with Crippen LogP contribution in [0.4, 0.5) is 0 Å². The standard InChI is InChI=1S/C23H15Cl2N5O3/c1-32-15-7-8-17-16(11-15)18(20(25)30(17)12-13-3-5-14(24)6-4-13)19(31)23-28-22(29-33-23)21-26-9-2-10-27-21/h2-11H,12H2,1H3. The van der Waals surface area contributed by atoms with E-state index >= 15 is 0 Å². The van der Waals surface area contributed by atoms with Crippen LogP contribution in [0.5, 0.6) is 5.75 Å². The molecule has 8 nitrogen and oxygen atoms in total. The second-order valence-electron chi connectivity index (χ2n) is 7.09. The van der Waals surface area contributed by atoms with Gasteiger partial charge in [0.25, 0.3) is 11.7 Å². The van der Waals surface area contributed by atoms with Gasteiger partial charge in [0, 0.05) is 29.3 Å². The van der Waals surface area contributed by atoms with Gasteiger partial charge in [0.05, 0.1) is 18.2 Å². The highest BCUT2D eigenvalue weighted by molar-refractivity contribution is 6.36. The summed E-state index contributed by atoms with van der Waals surface area (Å²) in [4.78, 5) is 25.8. The Hall–Kier alpha value is -3.75. The SMILES string of the molecule is COc1ccc2c(c1)c(C(=O)c1nc(-c3ncccn3)no1)c(Cl)n2Cc1ccc(Cl)cc1. The summed E-state index contributed by atoms with van der Waals surface area (Å²) in [7, 11) is 1.55. The zero-order valence-electron chi connectivity index (χ0n) is 17.2. The van der Waals surface area contributed by atoms with Crippen molar-refractivity contribution in [3.8, 4) is 17.4 Å². The third-order valence-electron chi connectivity index (χ3n) is 5.07. The van der Waals surface area contributed by atoms with E-state index in [9.17, 15) is 4.79 Å². The van der Waals surface area contributed by atoms with Crippen LogP contribution in [0.25, 0.3) is 22.6 Å². The second-order valence-corrected chi connectivity index (χ2v) is 7.88. The number of ether oxygens (including phenoxy) is 1. The fourth-order valence-electron chi connectivity index (χ4n) is 3.50. The molecule has 0 saturated carbocycles. The highest BCUT2D eigenvalue weighted by Crippen LogP contribution is 2.35. The van der Waals surface area contributed by atoms with Crippen LogP contribution in [0.2, 0.25) is 10.2 Å². The number of hydrogen-bond donors (Lipinski definition) is 0. The first-order valence-corrected chi connectivity index (χ1v) is 10.6. The Morgan fingerprint density at radius 1 is 1.06 bits per heavy atom. The average Bonchev–Trinajstić information content (AvgIpc) is 3.44. The van der Waals surface area contributed by atoms with E-state index in [-0.39, 0.29) is 28.3 Å². The molecule has 0 atom stereocenters.